The number of nitrogens with one attached hydrogen (secondary N) is 1. The lowest BCUT2D eigenvalue weighted by molar-refractivity contribution is -0.119. The number of rotatable bonds is 4. The first kappa shape index (κ1) is 16.5. The van der Waals surface area contributed by atoms with Gasteiger partial charge in [0.05, 0.1) is 31.1 Å². The number of ether oxygens (including phenoxy) is 1. The Balaban J connectivity index is 1.70. The number of carbonyl (C=O) groups is 2. The highest BCUT2D eigenvalue weighted by atomic mass is 19.1. The molecule has 0 aliphatic carbocycles. The van der Waals surface area contributed by atoms with Gasteiger partial charge in [-0.3, -0.25) is 14.6 Å². The largest absolute Gasteiger partial charge is 0.442 e. The van der Waals surface area contributed by atoms with Crippen molar-refractivity contribution in [2.45, 2.75) is 13.0 Å². The predicted molar refractivity (Wildman–Crippen MR) is 87.5 cm³/mol. The molecule has 8 heteroatoms. The lowest BCUT2D eigenvalue weighted by Crippen LogP contribution is -2.33. The number of benzene rings is 1. The number of amides is 2. The summed E-state index contributed by atoms with van der Waals surface area (Å²) in [6.45, 7) is 4.28. The topological polar surface area (TPSA) is 65.1 Å². The number of hydrogen-bond acceptors (Lipinski definition) is 5. The second kappa shape index (κ2) is 6.64. The summed E-state index contributed by atoms with van der Waals surface area (Å²) in [5, 5.41) is 2.61. The Hall–Kier alpha value is -2.35. The Morgan fingerprint density at radius 2 is 2.21 bits per heavy atom. The summed E-state index contributed by atoms with van der Waals surface area (Å²) in [5.41, 5.74) is 0.990. The zero-order valence-electron chi connectivity index (χ0n) is 13.8. The molecular formula is C16H21FN4O3. The van der Waals surface area contributed by atoms with Crippen LogP contribution < -0.4 is 15.1 Å². The van der Waals surface area contributed by atoms with Crippen LogP contribution in [0.25, 0.3) is 0 Å². The van der Waals surface area contributed by atoms with Crippen LogP contribution >= 0.6 is 0 Å². The van der Waals surface area contributed by atoms with Crippen LogP contribution in [-0.2, 0) is 9.53 Å². The Morgan fingerprint density at radius 1 is 1.42 bits per heavy atom. The third kappa shape index (κ3) is 3.43. The minimum absolute atomic E-state index is 0.185. The highest BCUT2D eigenvalue weighted by Gasteiger charge is 2.33. The van der Waals surface area contributed by atoms with E-state index in [0.29, 0.717) is 18.0 Å². The molecule has 7 nitrogen and oxygen atoms in total. The summed E-state index contributed by atoms with van der Waals surface area (Å²) < 4.78 is 19.7. The first-order valence-electron chi connectivity index (χ1n) is 7.89. The molecule has 0 unspecified atom stereocenters. The number of carbonyl (C=O) groups excluding carboxylic acids is 2. The summed E-state index contributed by atoms with van der Waals surface area (Å²) in [7, 11) is 1.99. The van der Waals surface area contributed by atoms with Gasteiger partial charge in [-0.1, -0.05) is 0 Å². The number of cyclic esters (lactones) is 1. The monoisotopic (exact) mass is 336 g/mol. The third-order valence-corrected chi connectivity index (χ3v) is 4.20. The van der Waals surface area contributed by atoms with Crippen LogP contribution in [0.1, 0.15) is 6.92 Å². The van der Waals surface area contributed by atoms with Gasteiger partial charge in [0.1, 0.15) is 11.9 Å². The Labute approximate surface area is 140 Å². The van der Waals surface area contributed by atoms with Crippen molar-refractivity contribution in [3.63, 3.8) is 0 Å². The van der Waals surface area contributed by atoms with E-state index < -0.39 is 12.2 Å². The normalized spacial score (nSPS) is 21.3. The van der Waals surface area contributed by atoms with Gasteiger partial charge in [0.25, 0.3) is 0 Å². The smallest absolute Gasteiger partial charge is 0.414 e. The molecule has 1 aromatic rings. The van der Waals surface area contributed by atoms with Crippen molar-refractivity contribution in [2.75, 3.05) is 49.7 Å². The number of likely N-dealkylation sites (N-methyl/N-ethyl adjacent to an activating group) is 1. The zero-order valence-corrected chi connectivity index (χ0v) is 13.8. The van der Waals surface area contributed by atoms with E-state index in [1.165, 1.54) is 17.9 Å². The number of hydrogen-bond donors (Lipinski definition) is 1. The third-order valence-electron chi connectivity index (χ3n) is 4.20. The van der Waals surface area contributed by atoms with Gasteiger partial charge in [0, 0.05) is 20.0 Å². The number of anilines is 2. The van der Waals surface area contributed by atoms with Gasteiger partial charge in [-0.25, -0.2) is 9.18 Å². The molecule has 2 heterocycles. The molecule has 0 aromatic heterocycles. The maximum atomic E-state index is 14.5. The molecule has 0 radical (unpaired) electrons. The van der Waals surface area contributed by atoms with Crippen molar-refractivity contribution in [1.82, 2.24) is 10.2 Å². The average molecular weight is 336 g/mol. The first-order valence-corrected chi connectivity index (χ1v) is 7.89. The SMILES string of the molecule is CC(=O)NC[C@H]1CN(c2ccc(N3CCN(C)C3)c(F)c2)C(=O)O1. The minimum Gasteiger partial charge on any atom is -0.442 e. The molecule has 2 amide bonds. The first-order chi connectivity index (χ1) is 11.4. The molecule has 1 N–H and O–H groups in total. The van der Waals surface area contributed by atoms with E-state index in [2.05, 4.69) is 10.2 Å². The lowest BCUT2D eigenvalue weighted by Gasteiger charge is -2.20. The zero-order chi connectivity index (χ0) is 17.3. The molecule has 2 saturated heterocycles. The summed E-state index contributed by atoms with van der Waals surface area (Å²) in [5.74, 6) is -0.545. The van der Waals surface area contributed by atoms with Crippen molar-refractivity contribution >= 4 is 23.4 Å². The summed E-state index contributed by atoms with van der Waals surface area (Å²) in [6.07, 6.45) is -0.963. The summed E-state index contributed by atoms with van der Waals surface area (Å²) in [4.78, 5) is 28.4. The van der Waals surface area contributed by atoms with Crippen molar-refractivity contribution in [2.24, 2.45) is 0 Å². The van der Waals surface area contributed by atoms with Gasteiger partial charge >= 0.3 is 6.09 Å². The number of nitrogens with zero attached hydrogens (tertiary/aromatic N) is 3. The molecular weight excluding hydrogens is 315 g/mol. The van der Waals surface area contributed by atoms with E-state index >= 15 is 0 Å². The second-order valence-corrected chi connectivity index (χ2v) is 6.17. The summed E-state index contributed by atoms with van der Waals surface area (Å²) >= 11 is 0. The van der Waals surface area contributed by atoms with E-state index in [1.54, 1.807) is 12.1 Å². The molecule has 1 atom stereocenters. The summed E-state index contributed by atoms with van der Waals surface area (Å²) in [6, 6.07) is 4.77. The molecule has 0 saturated carbocycles. The van der Waals surface area contributed by atoms with Crippen molar-refractivity contribution < 1.29 is 18.7 Å². The molecule has 0 spiro atoms. The van der Waals surface area contributed by atoms with Crippen molar-refractivity contribution in [3.8, 4) is 0 Å². The average Bonchev–Trinajstić information content (AvgIpc) is 3.11. The van der Waals surface area contributed by atoms with E-state index in [-0.39, 0.29) is 24.8 Å². The van der Waals surface area contributed by atoms with Gasteiger partial charge in [-0.15, -0.1) is 0 Å². The van der Waals surface area contributed by atoms with E-state index in [1.807, 2.05) is 11.9 Å². The molecule has 24 heavy (non-hydrogen) atoms. The number of halogens is 1. The fraction of sp³-hybridized carbons (Fsp3) is 0.500. The van der Waals surface area contributed by atoms with Gasteiger partial charge in [-0.05, 0) is 25.2 Å². The van der Waals surface area contributed by atoms with Crippen molar-refractivity contribution in [3.05, 3.63) is 24.0 Å². The molecule has 2 fully saturated rings. The van der Waals surface area contributed by atoms with Crippen LogP contribution in [0, 0.1) is 5.82 Å². The maximum absolute atomic E-state index is 14.5. The second-order valence-electron chi connectivity index (χ2n) is 6.17. The standard InChI is InChI=1S/C16H21FN4O3/c1-11(22)18-8-13-9-21(16(23)24-13)12-3-4-15(14(17)7-12)20-6-5-19(2)10-20/h3-4,7,13H,5-6,8-10H2,1-2H3,(H,18,22)/t13-/m0/s1. The Kier molecular flexibility index (Phi) is 4.57. The molecule has 130 valence electrons. The molecule has 2 aliphatic rings. The fourth-order valence-electron chi connectivity index (χ4n) is 2.94. The van der Waals surface area contributed by atoms with Gasteiger partial charge in [-0.2, -0.15) is 0 Å². The van der Waals surface area contributed by atoms with Crippen LogP contribution in [0.3, 0.4) is 0 Å². The minimum atomic E-state index is -0.529. The molecule has 1 aromatic carbocycles. The van der Waals surface area contributed by atoms with Crippen LogP contribution in [0.15, 0.2) is 18.2 Å². The Bertz CT molecular complexity index is 654. The molecule has 2 aliphatic heterocycles. The van der Waals surface area contributed by atoms with Gasteiger partial charge < -0.3 is 15.0 Å². The van der Waals surface area contributed by atoms with Crippen molar-refractivity contribution in [1.29, 1.82) is 0 Å². The van der Waals surface area contributed by atoms with Gasteiger partial charge in [0.15, 0.2) is 0 Å². The van der Waals surface area contributed by atoms with Gasteiger partial charge in [0.2, 0.25) is 5.91 Å². The van der Waals surface area contributed by atoms with Crippen LogP contribution in [0.5, 0.6) is 0 Å². The molecule has 3 rings (SSSR count). The lowest BCUT2D eigenvalue weighted by atomic mass is 10.2. The van der Waals surface area contributed by atoms with Crippen LogP contribution in [-0.4, -0.2) is 62.9 Å². The maximum Gasteiger partial charge on any atom is 0.414 e. The van der Waals surface area contributed by atoms with E-state index in [9.17, 15) is 14.0 Å². The molecule has 0 bridgehead atoms. The predicted octanol–water partition coefficient (Wildman–Crippen LogP) is 0.996. The highest BCUT2D eigenvalue weighted by Crippen LogP contribution is 2.28. The highest BCUT2D eigenvalue weighted by molar-refractivity contribution is 5.90. The van der Waals surface area contributed by atoms with E-state index in [4.69, 9.17) is 4.74 Å². The van der Waals surface area contributed by atoms with Crippen LogP contribution in [0.4, 0.5) is 20.6 Å². The van der Waals surface area contributed by atoms with E-state index in [0.717, 1.165) is 13.1 Å². The quantitative estimate of drug-likeness (QED) is 0.889. The fourth-order valence-corrected chi connectivity index (χ4v) is 2.94. The van der Waals surface area contributed by atoms with Crippen LogP contribution in [0.2, 0.25) is 0 Å². The Morgan fingerprint density at radius 3 is 2.83 bits per heavy atom.